The number of nitrogens with one attached hydrogen (secondary N) is 2. The lowest BCUT2D eigenvalue weighted by molar-refractivity contribution is 0.0959. The van der Waals surface area contributed by atoms with E-state index in [0.717, 1.165) is 15.4 Å². The third kappa shape index (κ3) is 2.50. The molecule has 0 aliphatic carbocycles. The van der Waals surface area contributed by atoms with Gasteiger partial charge in [0.2, 0.25) is 0 Å². The summed E-state index contributed by atoms with van der Waals surface area (Å²) in [6.07, 6.45) is 1.68. The summed E-state index contributed by atoms with van der Waals surface area (Å²) in [5.74, 6) is -0.137. The number of nitrogen functional groups attached to an aromatic ring is 1. The van der Waals surface area contributed by atoms with Crippen molar-refractivity contribution in [3.8, 4) is 0 Å². The number of H-pyrrole nitrogens is 1. The maximum Gasteiger partial charge on any atom is 0.253 e. The Morgan fingerprint density at radius 3 is 3.00 bits per heavy atom. The molecule has 5 heteroatoms. The molecule has 1 heterocycles. The molecule has 4 N–H and O–H groups in total. The first kappa shape index (κ1) is 11.7. The number of hydrogen-bond donors (Lipinski definition) is 3. The first-order valence-electron chi connectivity index (χ1n) is 5.06. The zero-order valence-electron chi connectivity index (χ0n) is 9.09. The van der Waals surface area contributed by atoms with Crippen LogP contribution >= 0.6 is 15.9 Å². The van der Waals surface area contributed by atoms with Crippen LogP contribution in [0.4, 0.5) is 5.69 Å². The zero-order valence-corrected chi connectivity index (χ0v) is 10.7. The molecule has 88 valence electrons. The number of anilines is 1. The summed E-state index contributed by atoms with van der Waals surface area (Å²) in [7, 11) is 0. The number of aromatic nitrogens is 1. The molecule has 0 unspecified atom stereocenters. The minimum Gasteiger partial charge on any atom is -0.399 e. The third-order valence-corrected chi connectivity index (χ3v) is 2.67. The molecule has 0 atom stereocenters. The van der Waals surface area contributed by atoms with Gasteiger partial charge in [0.1, 0.15) is 0 Å². The summed E-state index contributed by atoms with van der Waals surface area (Å²) >= 11 is 3.19. The van der Waals surface area contributed by atoms with Crippen molar-refractivity contribution >= 4 is 38.4 Å². The van der Waals surface area contributed by atoms with Crippen LogP contribution in [-0.4, -0.2) is 17.4 Å². The van der Waals surface area contributed by atoms with Gasteiger partial charge in [0.05, 0.1) is 5.56 Å². The maximum atomic E-state index is 11.9. The van der Waals surface area contributed by atoms with Crippen molar-refractivity contribution in [2.45, 2.75) is 0 Å². The van der Waals surface area contributed by atoms with Crippen molar-refractivity contribution in [1.82, 2.24) is 10.3 Å². The highest BCUT2D eigenvalue weighted by molar-refractivity contribution is 9.11. The van der Waals surface area contributed by atoms with Gasteiger partial charge in [0.25, 0.3) is 5.91 Å². The van der Waals surface area contributed by atoms with Gasteiger partial charge in [0.15, 0.2) is 0 Å². The minimum absolute atomic E-state index is 0.137. The summed E-state index contributed by atoms with van der Waals surface area (Å²) in [4.78, 5) is 14.9. The van der Waals surface area contributed by atoms with Crippen LogP contribution in [0.1, 0.15) is 10.4 Å². The topological polar surface area (TPSA) is 70.9 Å². The van der Waals surface area contributed by atoms with E-state index >= 15 is 0 Å². The Labute approximate surface area is 107 Å². The number of carbonyl (C=O) groups is 1. The molecule has 0 radical (unpaired) electrons. The summed E-state index contributed by atoms with van der Waals surface area (Å²) < 4.78 is 0.731. The molecule has 4 nitrogen and oxygen atoms in total. The first-order chi connectivity index (χ1) is 8.08. The fraction of sp³-hybridized carbons (Fsp3) is 0.0833. The van der Waals surface area contributed by atoms with Gasteiger partial charge in [-0.15, -0.1) is 0 Å². The lowest BCUT2D eigenvalue weighted by Gasteiger charge is -2.02. The second-order valence-electron chi connectivity index (χ2n) is 3.71. The Morgan fingerprint density at radius 2 is 2.29 bits per heavy atom. The molecule has 0 bridgehead atoms. The van der Waals surface area contributed by atoms with Gasteiger partial charge in [-0.1, -0.05) is 22.5 Å². The zero-order chi connectivity index (χ0) is 12.4. The molecule has 1 aromatic carbocycles. The molecule has 0 aliphatic rings. The first-order valence-corrected chi connectivity index (χ1v) is 5.85. The molecular formula is C12H12BrN3O. The number of aromatic amines is 1. The largest absolute Gasteiger partial charge is 0.399 e. The van der Waals surface area contributed by atoms with Crippen molar-refractivity contribution in [3.63, 3.8) is 0 Å². The minimum atomic E-state index is -0.137. The van der Waals surface area contributed by atoms with Crippen LogP contribution < -0.4 is 11.1 Å². The molecule has 2 rings (SSSR count). The molecule has 0 saturated carbocycles. The van der Waals surface area contributed by atoms with Gasteiger partial charge in [-0.2, -0.15) is 0 Å². The Hall–Kier alpha value is -1.75. The van der Waals surface area contributed by atoms with E-state index in [9.17, 15) is 4.79 Å². The molecule has 2 aromatic rings. The van der Waals surface area contributed by atoms with E-state index in [-0.39, 0.29) is 5.91 Å². The van der Waals surface area contributed by atoms with E-state index in [1.54, 1.807) is 18.3 Å². The van der Waals surface area contributed by atoms with E-state index in [1.807, 2.05) is 6.07 Å². The summed E-state index contributed by atoms with van der Waals surface area (Å²) in [5.41, 5.74) is 7.80. The van der Waals surface area contributed by atoms with Gasteiger partial charge in [-0.25, -0.2) is 0 Å². The average Bonchev–Trinajstić information content (AvgIpc) is 2.68. The summed E-state index contributed by atoms with van der Waals surface area (Å²) in [6.45, 7) is 4.06. The van der Waals surface area contributed by atoms with E-state index in [0.29, 0.717) is 17.8 Å². The highest BCUT2D eigenvalue weighted by Crippen LogP contribution is 2.20. The van der Waals surface area contributed by atoms with Gasteiger partial charge in [-0.05, 0) is 18.2 Å². The normalized spacial score (nSPS) is 10.4. The van der Waals surface area contributed by atoms with Crippen molar-refractivity contribution in [3.05, 3.63) is 41.0 Å². The van der Waals surface area contributed by atoms with Crippen LogP contribution in [0.2, 0.25) is 0 Å². The van der Waals surface area contributed by atoms with Crippen molar-refractivity contribution in [2.75, 3.05) is 12.3 Å². The fourth-order valence-electron chi connectivity index (χ4n) is 1.60. The number of nitrogens with two attached hydrogens (primary N) is 1. The van der Waals surface area contributed by atoms with Crippen molar-refractivity contribution < 1.29 is 4.79 Å². The van der Waals surface area contributed by atoms with Crippen LogP contribution in [0.3, 0.4) is 0 Å². The van der Waals surface area contributed by atoms with Gasteiger partial charge < -0.3 is 16.0 Å². The highest BCUT2D eigenvalue weighted by atomic mass is 79.9. The number of halogens is 1. The Kier molecular flexibility index (Phi) is 3.19. The number of amides is 1. The molecule has 1 amide bonds. The van der Waals surface area contributed by atoms with Gasteiger partial charge in [0, 0.05) is 33.8 Å². The van der Waals surface area contributed by atoms with Crippen LogP contribution in [-0.2, 0) is 0 Å². The molecule has 0 saturated heterocycles. The standard InChI is InChI=1S/C12H12BrN3O/c1-7(13)5-16-12(17)10-6-15-11-4-8(14)2-3-9(10)11/h2-4,6,15H,1,5,14H2,(H,16,17). The second kappa shape index (κ2) is 4.63. The Balaban J connectivity index is 2.29. The quantitative estimate of drug-likeness (QED) is 0.761. The molecule has 1 aromatic heterocycles. The van der Waals surface area contributed by atoms with E-state index in [2.05, 4.69) is 32.8 Å². The highest BCUT2D eigenvalue weighted by Gasteiger charge is 2.11. The van der Waals surface area contributed by atoms with Crippen LogP contribution in [0, 0.1) is 0 Å². The molecule has 17 heavy (non-hydrogen) atoms. The SMILES string of the molecule is C=C(Br)CNC(=O)c1c[nH]c2cc(N)ccc12. The number of benzene rings is 1. The predicted molar refractivity (Wildman–Crippen MR) is 73.1 cm³/mol. The number of rotatable bonds is 3. The monoisotopic (exact) mass is 293 g/mol. The number of carbonyl (C=O) groups excluding carboxylic acids is 1. The Bertz CT molecular complexity index is 588. The van der Waals surface area contributed by atoms with Crippen molar-refractivity contribution in [2.24, 2.45) is 0 Å². The summed E-state index contributed by atoms with van der Waals surface area (Å²) in [5, 5.41) is 3.61. The van der Waals surface area contributed by atoms with Gasteiger partial charge >= 0.3 is 0 Å². The predicted octanol–water partition coefficient (Wildman–Crippen LogP) is 2.39. The van der Waals surface area contributed by atoms with Crippen LogP contribution in [0.5, 0.6) is 0 Å². The third-order valence-electron chi connectivity index (χ3n) is 2.39. The van der Waals surface area contributed by atoms with Crippen LogP contribution in [0.25, 0.3) is 10.9 Å². The van der Waals surface area contributed by atoms with Crippen LogP contribution in [0.15, 0.2) is 35.5 Å². The van der Waals surface area contributed by atoms with E-state index in [1.165, 1.54) is 0 Å². The van der Waals surface area contributed by atoms with Crippen molar-refractivity contribution in [1.29, 1.82) is 0 Å². The average molecular weight is 294 g/mol. The Morgan fingerprint density at radius 1 is 1.53 bits per heavy atom. The number of fused-ring (bicyclic) bond motifs is 1. The second-order valence-corrected chi connectivity index (χ2v) is 4.83. The molecule has 0 fully saturated rings. The lowest BCUT2D eigenvalue weighted by atomic mass is 10.1. The lowest BCUT2D eigenvalue weighted by Crippen LogP contribution is -2.24. The molecule has 0 aliphatic heterocycles. The van der Waals surface area contributed by atoms with E-state index < -0.39 is 0 Å². The molecular weight excluding hydrogens is 282 g/mol. The van der Waals surface area contributed by atoms with E-state index in [4.69, 9.17) is 5.73 Å². The summed E-state index contributed by atoms with van der Waals surface area (Å²) in [6, 6.07) is 5.41. The molecule has 0 spiro atoms. The van der Waals surface area contributed by atoms with Gasteiger partial charge in [-0.3, -0.25) is 4.79 Å². The number of hydrogen-bond acceptors (Lipinski definition) is 2. The fourth-order valence-corrected chi connectivity index (χ4v) is 1.74. The maximum absolute atomic E-state index is 11.9. The smallest absolute Gasteiger partial charge is 0.253 e.